The van der Waals surface area contributed by atoms with Gasteiger partial charge >= 0.3 is 5.97 Å². The minimum absolute atomic E-state index is 0.171. The molecule has 0 bridgehead atoms. The highest BCUT2D eigenvalue weighted by Crippen LogP contribution is 2.42. The van der Waals surface area contributed by atoms with Gasteiger partial charge in [-0.1, -0.05) is 27.2 Å². The number of pyridine rings is 1. The molecule has 0 atom stereocenters. The largest absolute Gasteiger partial charge is 0.478 e. The number of aromatic nitrogens is 1. The molecule has 1 heterocycles. The maximum absolute atomic E-state index is 11.3. The molecule has 1 aliphatic rings. The van der Waals surface area contributed by atoms with Crippen molar-refractivity contribution in [2.45, 2.75) is 50.2 Å². The van der Waals surface area contributed by atoms with Crippen LogP contribution in [0.1, 0.15) is 56.1 Å². The zero-order valence-corrected chi connectivity index (χ0v) is 14.0. The van der Waals surface area contributed by atoms with Crippen molar-refractivity contribution >= 4 is 23.5 Å². The molecular weight excluding hydrogens is 284 g/mol. The van der Waals surface area contributed by atoms with Crippen LogP contribution < -0.4 is 5.32 Å². The summed E-state index contributed by atoms with van der Waals surface area (Å²) in [6.45, 7) is 6.97. The van der Waals surface area contributed by atoms with E-state index in [1.54, 1.807) is 12.1 Å². The zero-order chi connectivity index (χ0) is 15.7. The first-order chi connectivity index (χ1) is 9.76. The average molecular weight is 308 g/mol. The Morgan fingerprint density at radius 2 is 2.10 bits per heavy atom. The molecule has 1 saturated carbocycles. The van der Waals surface area contributed by atoms with E-state index in [1.165, 1.54) is 19.3 Å². The van der Waals surface area contributed by atoms with Crippen LogP contribution >= 0.6 is 11.8 Å². The van der Waals surface area contributed by atoms with Crippen molar-refractivity contribution < 1.29 is 9.90 Å². The maximum Gasteiger partial charge on any atom is 0.335 e. The van der Waals surface area contributed by atoms with Gasteiger partial charge in [0.05, 0.1) is 5.56 Å². The summed E-state index contributed by atoms with van der Waals surface area (Å²) in [7, 11) is 0. The van der Waals surface area contributed by atoms with E-state index in [9.17, 15) is 9.90 Å². The van der Waals surface area contributed by atoms with Gasteiger partial charge in [0.1, 0.15) is 5.82 Å². The molecular formula is C16H24N2O2S. The van der Waals surface area contributed by atoms with E-state index in [0.717, 1.165) is 12.2 Å². The van der Waals surface area contributed by atoms with Gasteiger partial charge < -0.3 is 10.4 Å². The molecule has 0 aliphatic heterocycles. The predicted molar refractivity (Wildman–Crippen MR) is 88.5 cm³/mol. The van der Waals surface area contributed by atoms with E-state index >= 15 is 0 Å². The van der Waals surface area contributed by atoms with Crippen LogP contribution in [0.2, 0.25) is 0 Å². The van der Waals surface area contributed by atoms with Crippen molar-refractivity contribution in [3.8, 4) is 0 Å². The number of carboxylic acid groups (broad SMARTS) is 1. The smallest absolute Gasteiger partial charge is 0.335 e. The second-order valence-corrected chi connectivity index (χ2v) is 8.05. The molecule has 2 N–H and O–H groups in total. The fraction of sp³-hybridized carbons (Fsp3) is 0.625. The number of rotatable bonds is 5. The lowest BCUT2D eigenvalue weighted by molar-refractivity contribution is 0.0696. The predicted octanol–water partition coefficient (Wildman–Crippen LogP) is 3.77. The van der Waals surface area contributed by atoms with E-state index in [1.807, 2.05) is 32.5 Å². The Kier molecular flexibility index (Phi) is 4.51. The highest BCUT2D eigenvalue weighted by Gasteiger charge is 2.36. The molecule has 1 aliphatic carbocycles. The van der Waals surface area contributed by atoms with Crippen LogP contribution in [0.15, 0.2) is 12.1 Å². The first kappa shape index (κ1) is 16.1. The standard InChI is InChI=1S/C16H24N2O2S/c1-15(2,3)12-8-11(14(19)20)9-13(18-12)17-10-16(21-4)6-5-7-16/h8-9H,5-7,10H2,1-4H3,(H,17,18)(H,19,20). The van der Waals surface area contributed by atoms with Crippen LogP contribution in [0.3, 0.4) is 0 Å². The van der Waals surface area contributed by atoms with Gasteiger partial charge in [0, 0.05) is 22.4 Å². The number of nitrogens with one attached hydrogen (secondary N) is 1. The lowest BCUT2D eigenvalue weighted by Crippen LogP contribution is -2.40. The first-order valence-electron chi connectivity index (χ1n) is 7.31. The molecule has 1 aromatic rings. The highest BCUT2D eigenvalue weighted by atomic mass is 32.2. The van der Waals surface area contributed by atoms with Crippen LogP contribution in [-0.4, -0.2) is 33.6 Å². The van der Waals surface area contributed by atoms with Crippen molar-refractivity contribution in [2.24, 2.45) is 0 Å². The minimum Gasteiger partial charge on any atom is -0.478 e. The van der Waals surface area contributed by atoms with Crippen LogP contribution in [0.5, 0.6) is 0 Å². The lowest BCUT2D eigenvalue weighted by Gasteiger charge is -2.40. The Morgan fingerprint density at radius 1 is 1.43 bits per heavy atom. The summed E-state index contributed by atoms with van der Waals surface area (Å²) in [6, 6.07) is 3.30. The van der Waals surface area contributed by atoms with Crippen molar-refractivity contribution in [1.82, 2.24) is 4.98 Å². The lowest BCUT2D eigenvalue weighted by atomic mass is 9.84. The highest BCUT2D eigenvalue weighted by molar-refractivity contribution is 8.00. The van der Waals surface area contributed by atoms with Crippen LogP contribution in [0.4, 0.5) is 5.82 Å². The number of hydrogen-bond acceptors (Lipinski definition) is 4. The first-order valence-corrected chi connectivity index (χ1v) is 8.53. The van der Waals surface area contributed by atoms with Gasteiger partial charge in [-0.3, -0.25) is 0 Å². The van der Waals surface area contributed by atoms with Gasteiger partial charge in [-0.15, -0.1) is 0 Å². The molecule has 5 heteroatoms. The molecule has 21 heavy (non-hydrogen) atoms. The van der Waals surface area contributed by atoms with E-state index in [0.29, 0.717) is 16.1 Å². The number of carboxylic acids is 1. The van der Waals surface area contributed by atoms with Crippen LogP contribution in [0, 0.1) is 0 Å². The number of thioether (sulfide) groups is 1. The van der Waals surface area contributed by atoms with Crippen molar-refractivity contribution in [3.05, 3.63) is 23.4 Å². The van der Waals surface area contributed by atoms with Crippen LogP contribution in [-0.2, 0) is 5.41 Å². The van der Waals surface area contributed by atoms with Gasteiger partial charge in [-0.25, -0.2) is 9.78 Å². The Labute approximate surface area is 130 Å². The molecule has 1 aromatic heterocycles. The fourth-order valence-electron chi connectivity index (χ4n) is 2.40. The third-order valence-electron chi connectivity index (χ3n) is 4.13. The summed E-state index contributed by atoms with van der Waals surface area (Å²) in [4.78, 5) is 15.9. The summed E-state index contributed by atoms with van der Waals surface area (Å²) < 4.78 is 0.294. The van der Waals surface area contributed by atoms with Crippen molar-refractivity contribution in [1.29, 1.82) is 0 Å². The fourth-order valence-corrected chi connectivity index (χ4v) is 3.32. The molecule has 0 radical (unpaired) electrons. The third kappa shape index (κ3) is 3.70. The molecule has 0 amide bonds. The van der Waals surface area contributed by atoms with Gasteiger partial charge in [-0.05, 0) is 31.2 Å². The average Bonchev–Trinajstić information content (AvgIpc) is 2.36. The van der Waals surface area contributed by atoms with Gasteiger partial charge in [0.2, 0.25) is 0 Å². The SMILES string of the molecule is CSC1(CNc2cc(C(=O)O)cc(C(C)(C)C)n2)CCC1. The molecule has 1 fully saturated rings. The Bertz CT molecular complexity index is 528. The Hall–Kier alpha value is -1.23. The summed E-state index contributed by atoms with van der Waals surface area (Å²) >= 11 is 1.89. The molecule has 0 unspecified atom stereocenters. The van der Waals surface area contributed by atoms with E-state index in [-0.39, 0.29) is 5.41 Å². The van der Waals surface area contributed by atoms with Crippen LogP contribution in [0.25, 0.3) is 0 Å². The number of nitrogens with zero attached hydrogens (tertiary/aromatic N) is 1. The molecule has 0 spiro atoms. The molecule has 116 valence electrons. The minimum atomic E-state index is -0.908. The number of carbonyl (C=O) groups is 1. The van der Waals surface area contributed by atoms with Crippen molar-refractivity contribution in [2.75, 3.05) is 18.1 Å². The van der Waals surface area contributed by atoms with E-state index in [2.05, 4.69) is 16.6 Å². The molecule has 2 rings (SSSR count). The number of aromatic carboxylic acids is 1. The van der Waals surface area contributed by atoms with Gasteiger partial charge in [-0.2, -0.15) is 11.8 Å². The number of hydrogen-bond donors (Lipinski definition) is 2. The summed E-state index contributed by atoms with van der Waals surface area (Å²) in [5, 5.41) is 12.6. The van der Waals surface area contributed by atoms with Gasteiger partial charge in [0.25, 0.3) is 0 Å². The van der Waals surface area contributed by atoms with E-state index < -0.39 is 5.97 Å². The molecule has 0 aromatic carbocycles. The number of anilines is 1. The summed E-state index contributed by atoms with van der Waals surface area (Å²) in [6.07, 6.45) is 5.85. The maximum atomic E-state index is 11.3. The third-order valence-corrected chi connectivity index (χ3v) is 5.55. The quantitative estimate of drug-likeness (QED) is 0.867. The zero-order valence-electron chi connectivity index (χ0n) is 13.2. The summed E-state index contributed by atoms with van der Waals surface area (Å²) in [5.41, 5.74) is 0.927. The van der Waals surface area contributed by atoms with E-state index in [4.69, 9.17) is 0 Å². The molecule has 4 nitrogen and oxygen atoms in total. The second kappa shape index (κ2) is 5.87. The normalized spacial score (nSPS) is 17.1. The Balaban J connectivity index is 2.22. The Morgan fingerprint density at radius 3 is 2.52 bits per heavy atom. The van der Waals surface area contributed by atoms with Crippen molar-refractivity contribution in [3.63, 3.8) is 0 Å². The monoisotopic (exact) mass is 308 g/mol. The molecule has 0 saturated heterocycles. The summed E-state index contributed by atoms with van der Waals surface area (Å²) in [5.74, 6) is -0.241. The topological polar surface area (TPSA) is 62.2 Å². The van der Waals surface area contributed by atoms with Gasteiger partial charge in [0.15, 0.2) is 0 Å². The second-order valence-electron chi connectivity index (χ2n) is 6.78.